The third kappa shape index (κ3) is 7.20. The minimum atomic E-state index is -0.923. The van der Waals surface area contributed by atoms with E-state index < -0.39 is 5.56 Å². The van der Waals surface area contributed by atoms with Crippen LogP contribution in [0.3, 0.4) is 0 Å². The largest absolute Gasteiger partial charge is 0.376 e. The zero-order valence-corrected chi connectivity index (χ0v) is 8.54. The number of hydrogen-bond acceptors (Lipinski definition) is 1. The van der Waals surface area contributed by atoms with Gasteiger partial charge in [0.2, 0.25) is 0 Å². The molecule has 0 aromatic rings. The Morgan fingerprint density at radius 1 is 1.09 bits per heavy atom. The first kappa shape index (κ1) is 11.8. The molecule has 0 radical (unpaired) electrons. The van der Waals surface area contributed by atoms with Crippen LogP contribution in [0.15, 0.2) is 0 Å². The lowest BCUT2D eigenvalue weighted by Crippen LogP contribution is -2.13. The second-order valence-electron chi connectivity index (χ2n) is 2.43. The first-order valence-corrected chi connectivity index (χ1v) is 5.11. The molecule has 11 heavy (non-hydrogen) atoms. The van der Waals surface area contributed by atoms with E-state index in [0.717, 1.165) is 25.7 Å². The molecule has 2 unspecified atom stereocenters. The lowest BCUT2D eigenvalue weighted by molar-refractivity contribution is 0.244. The Balaban J connectivity index is 3.10. The molecular formula is C7H13Cl3O. The molecule has 1 N–H and O–H groups in total. The zero-order valence-electron chi connectivity index (χ0n) is 6.27. The maximum Gasteiger partial charge on any atom is 0.144 e. The Morgan fingerprint density at radius 3 is 2.18 bits per heavy atom. The normalized spacial score (nSPS) is 16.4. The molecular weight excluding hydrogens is 206 g/mol. The van der Waals surface area contributed by atoms with E-state index in [9.17, 15) is 0 Å². The molecule has 0 saturated heterocycles. The van der Waals surface area contributed by atoms with Crippen LogP contribution in [0.1, 0.15) is 25.7 Å². The summed E-state index contributed by atoms with van der Waals surface area (Å²) in [5.74, 6) is 0.691. The van der Waals surface area contributed by atoms with Gasteiger partial charge in [0, 0.05) is 5.88 Å². The molecule has 0 saturated carbocycles. The van der Waals surface area contributed by atoms with E-state index in [-0.39, 0.29) is 5.38 Å². The molecule has 0 fully saturated rings. The molecule has 2 atom stereocenters. The molecule has 0 aliphatic rings. The molecule has 1 nitrogen and oxygen atoms in total. The summed E-state index contributed by atoms with van der Waals surface area (Å²) in [7, 11) is 0. The molecule has 0 aliphatic carbocycles. The van der Waals surface area contributed by atoms with Crippen molar-refractivity contribution >= 4 is 34.8 Å². The van der Waals surface area contributed by atoms with Crippen LogP contribution in [0.25, 0.3) is 0 Å². The van der Waals surface area contributed by atoms with Crippen LogP contribution in [0.4, 0.5) is 0 Å². The van der Waals surface area contributed by atoms with E-state index in [1.807, 2.05) is 0 Å². The lowest BCUT2D eigenvalue weighted by Gasteiger charge is -2.09. The quantitative estimate of drug-likeness (QED) is 0.538. The van der Waals surface area contributed by atoms with Crippen molar-refractivity contribution in [2.45, 2.75) is 36.6 Å². The maximum atomic E-state index is 8.78. The number of rotatable bonds is 6. The maximum absolute atomic E-state index is 8.78. The highest BCUT2D eigenvalue weighted by molar-refractivity contribution is 6.29. The van der Waals surface area contributed by atoms with Crippen LogP contribution in [-0.4, -0.2) is 21.9 Å². The summed E-state index contributed by atoms with van der Waals surface area (Å²) in [5, 5.41) is 8.46. The number of aliphatic hydroxyl groups excluding tert-OH is 1. The lowest BCUT2D eigenvalue weighted by atomic mass is 10.1. The van der Waals surface area contributed by atoms with E-state index in [1.54, 1.807) is 0 Å². The second kappa shape index (κ2) is 7.48. The van der Waals surface area contributed by atoms with Crippen LogP contribution in [-0.2, 0) is 0 Å². The van der Waals surface area contributed by atoms with E-state index in [0.29, 0.717) is 5.88 Å². The third-order valence-electron chi connectivity index (χ3n) is 1.41. The minimum absolute atomic E-state index is 0.327. The number of hydrogen-bond donors (Lipinski definition) is 1. The van der Waals surface area contributed by atoms with Gasteiger partial charge in [-0.25, -0.2) is 0 Å². The van der Waals surface area contributed by atoms with Gasteiger partial charge in [-0.15, -0.1) is 23.2 Å². The Bertz CT molecular complexity index is 87.8. The number of aliphatic hydroxyl groups is 1. The summed E-state index contributed by atoms with van der Waals surface area (Å²) in [6.07, 6.45) is 3.79. The van der Waals surface area contributed by atoms with Crippen LogP contribution in [0.2, 0.25) is 0 Å². The van der Waals surface area contributed by atoms with Gasteiger partial charge in [-0.2, -0.15) is 0 Å². The van der Waals surface area contributed by atoms with Crippen molar-refractivity contribution in [2.24, 2.45) is 0 Å². The Labute approximate surface area is 82.6 Å². The van der Waals surface area contributed by atoms with Gasteiger partial charge in [0.05, 0.1) is 5.38 Å². The van der Waals surface area contributed by atoms with Gasteiger partial charge in [-0.05, 0) is 12.8 Å². The number of alkyl halides is 3. The molecule has 0 rings (SSSR count). The average Bonchev–Trinajstić information content (AvgIpc) is 1.97. The summed E-state index contributed by atoms with van der Waals surface area (Å²) >= 11 is 16.5. The first-order chi connectivity index (χ1) is 5.18. The van der Waals surface area contributed by atoms with Gasteiger partial charge in [-0.3, -0.25) is 0 Å². The van der Waals surface area contributed by atoms with Gasteiger partial charge >= 0.3 is 0 Å². The van der Waals surface area contributed by atoms with E-state index in [4.69, 9.17) is 39.9 Å². The van der Waals surface area contributed by atoms with Crippen LogP contribution in [0, 0.1) is 0 Å². The smallest absolute Gasteiger partial charge is 0.144 e. The van der Waals surface area contributed by atoms with Crippen molar-refractivity contribution in [2.75, 3.05) is 5.88 Å². The van der Waals surface area contributed by atoms with Crippen LogP contribution >= 0.6 is 34.8 Å². The van der Waals surface area contributed by atoms with Crippen LogP contribution < -0.4 is 0 Å². The van der Waals surface area contributed by atoms with Gasteiger partial charge in [-0.1, -0.05) is 24.4 Å². The van der Waals surface area contributed by atoms with Crippen LogP contribution in [0.5, 0.6) is 0 Å². The molecule has 0 heterocycles. The van der Waals surface area contributed by atoms with Crippen molar-refractivity contribution in [1.29, 1.82) is 0 Å². The second-order valence-corrected chi connectivity index (χ2v) is 3.81. The van der Waals surface area contributed by atoms with E-state index in [1.165, 1.54) is 0 Å². The summed E-state index contributed by atoms with van der Waals surface area (Å²) in [4.78, 5) is 0. The highest BCUT2D eigenvalue weighted by Gasteiger charge is 2.11. The van der Waals surface area contributed by atoms with Gasteiger partial charge < -0.3 is 5.11 Å². The van der Waals surface area contributed by atoms with E-state index >= 15 is 0 Å². The topological polar surface area (TPSA) is 20.2 Å². The van der Waals surface area contributed by atoms with Gasteiger partial charge in [0.15, 0.2) is 0 Å². The van der Waals surface area contributed by atoms with Crippen molar-refractivity contribution in [3.63, 3.8) is 0 Å². The van der Waals surface area contributed by atoms with E-state index in [2.05, 4.69) is 0 Å². The molecule has 68 valence electrons. The van der Waals surface area contributed by atoms with Crippen molar-refractivity contribution in [3.05, 3.63) is 0 Å². The van der Waals surface area contributed by atoms with Crippen molar-refractivity contribution in [1.82, 2.24) is 0 Å². The van der Waals surface area contributed by atoms with Crippen molar-refractivity contribution in [3.8, 4) is 0 Å². The fourth-order valence-electron chi connectivity index (χ4n) is 0.748. The van der Waals surface area contributed by atoms with Gasteiger partial charge in [0.1, 0.15) is 5.56 Å². The molecule has 0 amide bonds. The Hall–Kier alpha value is 0.830. The molecule has 0 spiro atoms. The van der Waals surface area contributed by atoms with Gasteiger partial charge in [0.25, 0.3) is 0 Å². The Morgan fingerprint density at radius 2 is 1.73 bits per heavy atom. The highest BCUT2D eigenvalue weighted by Crippen LogP contribution is 2.15. The summed E-state index contributed by atoms with van der Waals surface area (Å²) in [6, 6.07) is 0. The SMILES string of the molecule is OC(Cl)C(Cl)CCCCCCl. The molecule has 0 aromatic heterocycles. The summed E-state index contributed by atoms with van der Waals surface area (Å²) in [5.41, 5.74) is -0.923. The summed E-state index contributed by atoms with van der Waals surface area (Å²) < 4.78 is 0. The first-order valence-electron chi connectivity index (χ1n) is 3.70. The summed E-state index contributed by atoms with van der Waals surface area (Å²) in [6.45, 7) is 0. The number of halogens is 3. The predicted molar refractivity (Wildman–Crippen MR) is 50.7 cm³/mol. The molecule has 0 aliphatic heterocycles. The predicted octanol–water partition coefficient (Wildman–Crippen LogP) is 2.95. The highest BCUT2D eigenvalue weighted by atomic mass is 35.5. The molecule has 0 bridgehead atoms. The fraction of sp³-hybridized carbons (Fsp3) is 1.00. The monoisotopic (exact) mass is 218 g/mol. The fourth-order valence-corrected chi connectivity index (χ4v) is 1.22. The van der Waals surface area contributed by atoms with Crippen molar-refractivity contribution < 1.29 is 5.11 Å². The Kier molecular flexibility index (Phi) is 8.04. The third-order valence-corrected chi connectivity index (χ3v) is 2.57. The number of unbranched alkanes of at least 4 members (excludes halogenated alkanes) is 2. The standard InChI is InChI=1S/C7H13Cl3O/c8-5-3-1-2-4-6(9)7(10)11/h6-7,11H,1-5H2. The zero-order chi connectivity index (χ0) is 8.69. The molecule has 0 aromatic carbocycles. The minimum Gasteiger partial charge on any atom is -0.376 e. The molecule has 4 heteroatoms. The average molecular weight is 220 g/mol.